The van der Waals surface area contributed by atoms with Crippen molar-refractivity contribution < 1.29 is 5.11 Å². The highest BCUT2D eigenvalue weighted by atomic mass is 16.3. The lowest BCUT2D eigenvalue weighted by Crippen LogP contribution is -2.20. The van der Waals surface area contributed by atoms with Gasteiger partial charge in [-0.15, -0.1) is 0 Å². The number of fused-ring (bicyclic) bond motifs is 2. The van der Waals surface area contributed by atoms with Crippen molar-refractivity contribution in [3.8, 4) is 0 Å². The molecule has 0 radical (unpaired) electrons. The fraction of sp³-hybridized carbons (Fsp3) is 0.500. The van der Waals surface area contributed by atoms with Crippen LogP contribution >= 0.6 is 0 Å². The first kappa shape index (κ1) is 5.24. The molecule has 2 bridgehead atoms. The van der Waals surface area contributed by atoms with E-state index in [9.17, 15) is 5.11 Å². The van der Waals surface area contributed by atoms with Gasteiger partial charge in [0.1, 0.15) is 5.60 Å². The zero-order valence-corrected chi connectivity index (χ0v) is 5.30. The highest BCUT2D eigenvalue weighted by Gasteiger charge is 2.41. The smallest absolute Gasteiger partial charge is 0.104 e. The summed E-state index contributed by atoms with van der Waals surface area (Å²) >= 11 is 0. The van der Waals surface area contributed by atoms with Crippen molar-refractivity contribution >= 4 is 0 Å². The quantitative estimate of drug-likeness (QED) is 0.479. The molecule has 0 spiro atoms. The van der Waals surface area contributed by atoms with Crippen molar-refractivity contribution in [1.29, 1.82) is 0 Å². The summed E-state index contributed by atoms with van der Waals surface area (Å²) < 4.78 is 0. The lowest BCUT2D eigenvalue weighted by Gasteiger charge is -2.16. The Hall–Kier alpha value is -0.560. The van der Waals surface area contributed by atoms with Crippen LogP contribution in [0, 0.1) is 5.92 Å². The Balaban J connectivity index is 2.44. The third-order valence-corrected chi connectivity index (χ3v) is 2.34. The predicted molar refractivity (Wildman–Crippen MR) is 36.0 cm³/mol. The van der Waals surface area contributed by atoms with Crippen molar-refractivity contribution in [2.75, 3.05) is 0 Å². The van der Waals surface area contributed by atoms with Crippen LogP contribution in [0.4, 0.5) is 0 Å². The summed E-state index contributed by atoms with van der Waals surface area (Å²) in [6.07, 6.45) is 5.84. The predicted octanol–water partition coefficient (Wildman–Crippen LogP) is 1.25. The van der Waals surface area contributed by atoms with E-state index in [0.717, 1.165) is 18.4 Å². The van der Waals surface area contributed by atoms with E-state index in [1.54, 1.807) is 0 Å². The molecule has 1 nitrogen and oxygen atoms in total. The second-order valence-corrected chi connectivity index (χ2v) is 3.06. The monoisotopic (exact) mass is 122 g/mol. The summed E-state index contributed by atoms with van der Waals surface area (Å²) in [7, 11) is 0. The van der Waals surface area contributed by atoms with Crippen molar-refractivity contribution in [2.45, 2.75) is 18.4 Å². The largest absolute Gasteiger partial charge is 0.381 e. The normalized spacial score (nSPS) is 46.8. The standard InChI is InChI=1S/C8H10O/c1-6-4-7-2-3-8(6,9)5-7/h2-3,7,9H,1,4-5H2. The third kappa shape index (κ3) is 0.527. The summed E-state index contributed by atoms with van der Waals surface area (Å²) in [4.78, 5) is 0. The molecule has 1 heteroatoms. The molecule has 0 aromatic rings. The molecule has 2 aliphatic rings. The van der Waals surface area contributed by atoms with Gasteiger partial charge in [0.2, 0.25) is 0 Å². The van der Waals surface area contributed by atoms with Gasteiger partial charge in [0.05, 0.1) is 0 Å². The second-order valence-electron chi connectivity index (χ2n) is 3.06. The van der Waals surface area contributed by atoms with Crippen molar-refractivity contribution in [1.82, 2.24) is 0 Å². The maximum absolute atomic E-state index is 9.62. The molecular formula is C8H10O. The maximum Gasteiger partial charge on any atom is 0.104 e. The summed E-state index contributed by atoms with van der Waals surface area (Å²) in [5.74, 6) is 0.586. The van der Waals surface area contributed by atoms with Gasteiger partial charge in [0, 0.05) is 0 Å². The molecule has 0 aromatic heterocycles. The lowest BCUT2D eigenvalue weighted by atomic mass is 9.99. The SMILES string of the molecule is C=C1CC2C=CC1(O)C2. The van der Waals surface area contributed by atoms with Crippen LogP contribution in [0.5, 0.6) is 0 Å². The summed E-state index contributed by atoms with van der Waals surface area (Å²) in [6.45, 7) is 3.81. The molecule has 2 aliphatic carbocycles. The van der Waals surface area contributed by atoms with E-state index in [4.69, 9.17) is 0 Å². The lowest BCUT2D eigenvalue weighted by molar-refractivity contribution is 0.140. The van der Waals surface area contributed by atoms with E-state index in [1.165, 1.54) is 0 Å². The maximum atomic E-state index is 9.62. The van der Waals surface area contributed by atoms with Crippen LogP contribution in [-0.2, 0) is 0 Å². The first-order valence-corrected chi connectivity index (χ1v) is 3.31. The zero-order valence-electron chi connectivity index (χ0n) is 5.30. The molecular weight excluding hydrogens is 112 g/mol. The highest BCUT2D eigenvalue weighted by Crippen LogP contribution is 2.45. The number of rotatable bonds is 0. The third-order valence-electron chi connectivity index (χ3n) is 2.34. The minimum Gasteiger partial charge on any atom is -0.381 e. The van der Waals surface area contributed by atoms with Gasteiger partial charge in [-0.2, -0.15) is 0 Å². The van der Waals surface area contributed by atoms with Gasteiger partial charge in [0.15, 0.2) is 0 Å². The first-order chi connectivity index (χ1) is 4.21. The topological polar surface area (TPSA) is 20.2 Å². The van der Waals surface area contributed by atoms with Gasteiger partial charge < -0.3 is 5.11 Å². The van der Waals surface area contributed by atoms with Crippen molar-refractivity contribution in [3.05, 3.63) is 24.3 Å². The molecule has 0 amide bonds. The molecule has 1 saturated carbocycles. The second kappa shape index (κ2) is 1.29. The molecule has 1 fully saturated rings. The van der Waals surface area contributed by atoms with Gasteiger partial charge in [-0.3, -0.25) is 0 Å². The van der Waals surface area contributed by atoms with Gasteiger partial charge in [-0.1, -0.05) is 18.7 Å². The Morgan fingerprint density at radius 3 is 2.78 bits per heavy atom. The van der Waals surface area contributed by atoms with Crippen LogP contribution in [0.15, 0.2) is 24.3 Å². The van der Waals surface area contributed by atoms with Crippen LogP contribution in [0.3, 0.4) is 0 Å². The molecule has 48 valence electrons. The molecule has 0 saturated heterocycles. The van der Waals surface area contributed by atoms with Gasteiger partial charge in [-0.25, -0.2) is 0 Å². The molecule has 2 atom stereocenters. The summed E-state index contributed by atoms with van der Waals surface area (Å²) in [6, 6.07) is 0. The zero-order chi connectivity index (χ0) is 6.48. The summed E-state index contributed by atoms with van der Waals surface area (Å²) in [5, 5.41) is 9.62. The van der Waals surface area contributed by atoms with Gasteiger partial charge in [0.25, 0.3) is 0 Å². The Morgan fingerprint density at radius 2 is 2.56 bits per heavy atom. The van der Waals surface area contributed by atoms with Crippen molar-refractivity contribution in [2.24, 2.45) is 5.92 Å². The minimum atomic E-state index is -0.606. The van der Waals surface area contributed by atoms with Crippen LogP contribution in [0.1, 0.15) is 12.8 Å². The molecule has 1 N–H and O–H groups in total. The van der Waals surface area contributed by atoms with Crippen molar-refractivity contribution in [3.63, 3.8) is 0 Å². The van der Waals surface area contributed by atoms with E-state index in [-0.39, 0.29) is 0 Å². The van der Waals surface area contributed by atoms with E-state index in [2.05, 4.69) is 12.7 Å². The Kier molecular flexibility index (Phi) is 0.754. The molecule has 0 aromatic carbocycles. The van der Waals surface area contributed by atoms with Crippen LogP contribution < -0.4 is 0 Å². The van der Waals surface area contributed by atoms with E-state index in [0.29, 0.717) is 5.92 Å². The fourth-order valence-corrected chi connectivity index (χ4v) is 1.73. The number of hydrogen-bond acceptors (Lipinski definition) is 1. The van der Waals surface area contributed by atoms with Gasteiger partial charge >= 0.3 is 0 Å². The first-order valence-electron chi connectivity index (χ1n) is 3.31. The van der Waals surface area contributed by atoms with E-state index in [1.807, 2.05) is 6.08 Å². The molecule has 0 heterocycles. The molecule has 2 unspecified atom stereocenters. The molecule has 0 aliphatic heterocycles. The highest BCUT2D eigenvalue weighted by molar-refractivity contribution is 5.34. The van der Waals surface area contributed by atoms with E-state index < -0.39 is 5.60 Å². The number of allylic oxidation sites excluding steroid dienone is 1. The Bertz CT molecular complexity index is 193. The summed E-state index contributed by atoms with van der Waals surface area (Å²) in [5.41, 5.74) is 0.389. The van der Waals surface area contributed by atoms with Crippen LogP contribution in [0.2, 0.25) is 0 Å². The Morgan fingerprint density at radius 1 is 1.78 bits per heavy atom. The molecule has 2 rings (SSSR count). The minimum absolute atomic E-state index is 0.586. The average Bonchev–Trinajstić information content (AvgIpc) is 2.22. The number of hydrogen-bond donors (Lipinski definition) is 1. The number of aliphatic hydroxyl groups is 1. The Labute approximate surface area is 54.7 Å². The van der Waals surface area contributed by atoms with E-state index >= 15 is 0 Å². The van der Waals surface area contributed by atoms with Gasteiger partial charge in [-0.05, 0) is 24.3 Å². The fourth-order valence-electron chi connectivity index (χ4n) is 1.73. The van der Waals surface area contributed by atoms with Crippen LogP contribution in [-0.4, -0.2) is 10.7 Å². The molecule has 9 heavy (non-hydrogen) atoms. The van der Waals surface area contributed by atoms with Crippen LogP contribution in [0.25, 0.3) is 0 Å². The average molecular weight is 122 g/mol.